The van der Waals surface area contributed by atoms with E-state index in [1.165, 1.54) is 0 Å². The zero-order valence-electron chi connectivity index (χ0n) is 8.21. The Labute approximate surface area is 78.5 Å². The SMILES string of the molecule is CCOC(=O)C(C)C1CCCC1=O. The topological polar surface area (TPSA) is 43.4 Å². The zero-order chi connectivity index (χ0) is 9.84. The lowest BCUT2D eigenvalue weighted by Gasteiger charge is -2.15. The number of ether oxygens (including phenoxy) is 1. The third-order valence-corrected chi connectivity index (χ3v) is 2.61. The average molecular weight is 184 g/mol. The molecule has 0 bridgehead atoms. The number of hydrogen-bond acceptors (Lipinski definition) is 3. The van der Waals surface area contributed by atoms with Gasteiger partial charge in [0.15, 0.2) is 0 Å². The predicted molar refractivity (Wildman–Crippen MR) is 48.1 cm³/mol. The highest BCUT2D eigenvalue weighted by molar-refractivity contribution is 5.88. The van der Waals surface area contributed by atoms with E-state index in [1.807, 2.05) is 0 Å². The van der Waals surface area contributed by atoms with Crippen LogP contribution < -0.4 is 0 Å². The summed E-state index contributed by atoms with van der Waals surface area (Å²) in [6, 6.07) is 0. The summed E-state index contributed by atoms with van der Waals surface area (Å²) < 4.78 is 4.87. The largest absolute Gasteiger partial charge is 0.466 e. The van der Waals surface area contributed by atoms with Crippen LogP contribution in [0.15, 0.2) is 0 Å². The molecule has 0 heterocycles. The minimum absolute atomic E-state index is 0.0842. The Morgan fingerprint density at radius 2 is 2.38 bits per heavy atom. The molecule has 0 aromatic rings. The second-order valence-electron chi connectivity index (χ2n) is 3.51. The van der Waals surface area contributed by atoms with E-state index in [0.717, 1.165) is 12.8 Å². The van der Waals surface area contributed by atoms with Crippen LogP contribution in [0.5, 0.6) is 0 Å². The van der Waals surface area contributed by atoms with Crippen molar-refractivity contribution in [3.63, 3.8) is 0 Å². The van der Waals surface area contributed by atoms with Crippen LogP contribution in [0.3, 0.4) is 0 Å². The molecule has 2 atom stereocenters. The van der Waals surface area contributed by atoms with E-state index in [1.54, 1.807) is 13.8 Å². The molecule has 0 spiro atoms. The van der Waals surface area contributed by atoms with Crippen molar-refractivity contribution in [2.75, 3.05) is 6.61 Å². The third-order valence-electron chi connectivity index (χ3n) is 2.61. The van der Waals surface area contributed by atoms with E-state index in [2.05, 4.69) is 0 Å². The lowest BCUT2D eigenvalue weighted by atomic mass is 9.92. The minimum atomic E-state index is -0.255. The summed E-state index contributed by atoms with van der Waals surface area (Å²) >= 11 is 0. The first-order valence-corrected chi connectivity index (χ1v) is 4.86. The molecule has 1 fully saturated rings. The summed E-state index contributed by atoms with van der Waals surface area (Å²) in [4.78, 5) is 22.6. The Bertz CT molecular complexity index is 210. The average Bonchev–Trinajstić information content (AvgIpc) is 2.50. The van der Waals surface area contributed by atoms with Gasteiger partial charge in [0.1, 0.15) is 5.78 Å². The van der Waals surface area contributed by atoms with Crippen LogP contribution >= 0.6 is 0 Å². The smallest absolute Gasteiger partial charge is 0.309 e. The molecule has 3 heteroatoms. The molecule has 1 rings (SSSR count). The molecule has 2 unspecified atom stereocenters. The van der Waals surface area contributed by atoms with Crippen LogP contribution in [0.4, 0.5) is 0 Å². The summed E-state index contributed by atoms with van der Waals surface area (Å²) in [6.07, 6.45) is 2.40. The van der Waals surface area contributed by atoms with Crippen molar-refractivity contribution in [3.05, 3.63) is 0 Å². The van der Waals surface area contributed by atoms with Gasteiger partial charge in [-0.2, -0.15) is 0 Å². The van der Waals surface area contributed by atoms with Gasteiger partial charge in [-0.3, -0.25) is 9.59 Å². The van der Waals surface area contributed by atoms with Gasteiger partial charge in [-0.15, -0.1) is 0 Å². The second-order valence-corrected chi connectivity index (χ2v) is 3.51. The number of esters is 1. The predicted octanol–water partition coefficient (Wildman–Crippen LogP) is 1.55. The van der Waals surface area contributed by atoms with Gasteiger partial charge in [-0.05, 0) is 19.8 Å². The zero-order valence-corrected chi connectivity index (χ0v) is 8.21. The van der Waals surface area contributed by atoms with E-state index in [9.17, 15) is 9.59 Å². The number of rotatable bonds is 3. The van der Waals surface area contributed by atoms with Crippen molar-refractivity contribution < 1.29 is 14.3 Å². The van der Waals surface area contributed by atoms with E-state index >= 15 is 0 Å². The first-order valence-electron chi connectivity index (χ1n) is 4.86. The standard InChI is InChI=1S/C10H16O3/c1-3-13-10(12)7(2)8-5-4-6-9(8)11/h7-8H,3-6H2,1-2H3. The number of ketones is 1. The van der Waals surface area contributed by atoms with Gasteiger partial charge in [0.25, 0.3) is 0 Å². The molecule has 13 heavy (non-hydrogen) atoms. The molecule has 74 valence electrons. The van der Waals surface area contributed by atoms with Crippen LogP contribution in [0.1, 0.15) is 33.1 Å². The Morgan fingerprint density at radius 1 is 1.69 bits per heavy atom. The molecular weight excluding hydrogens is 168 g/mol. The van der Waals surface area contributed by atoms with Crippen LogP contribution in [0.25, 0.3) is 0 Å². The molecule has 1 aliphatic rings. The monoisotopic (exact) mass is 184 g/mol. The van der Waals surface area contributed by atoms with Crippen molar-refractivity contribution >= 4 is 11.8 Å². The van der Waals surface area contributed by atoms with Gasteiger partial charge < -0.3 is 4.74 Å². The molecule has 3 nitrogen and oxygen atoms in total. The molecule has 0 aromatic heterocycles. The molecule has 0 N–H and O–H groups in total. The molecular formula is C10H16O3. The van der Waals surface area contributed by atoms with Crippen LogP contribution in [0.2, 0.25) is 0 Å². The second kappa shape index (κ2) is 4.40. The minimum Gasteiger partial charge on any atom is -0.466 e. The normalized spacial score (nSPS) is 24.5. The highest BCUT2D eigenvalue weighted by Crippen LogP contribution is 2.28. The Hall–Kier alpha value is -0.860. The molecule has 1 saturated carbocycles. The van der Waals surface area contributed by atoms with E-state index in [-0.39, 0.29) is 23.6 Å². The van der Waals surface area contributed by atoms with E-state index in [4.69, 9.17) is 4.74 Å². The van der Waals surface area contributed by atoms with Crippen LogP contribution in [-0.2, 0) is 14.3 Å². The van der Waals surface area contributed by atoms with Gasteiger partial charge in [0.2, 0.25) is 0 Å². The maximum Gasteiger partial charge on any atom is 0.309 e. The summed E-state index contributed by atoms with van der Waals surface area (Å²) in [7, 11) is 0. The first-order chi connectivity index (χ1) is 6.16. The lowest BCUT2D eigenvalue weighted by Crippen LogP contribution is -2.25. The Balaban J connectivity index is 2.50. The summed E-state index contributed by atoms with van der Waals surface area (Å²) in [5.41, 5.74) is 0. The highest BCUT2D eigenvalue weighted by atomic mass is 16.5. The van der Waals surface area contributed by atoms with Crippen molar-refractivity contribution in [2.24, 2.45) is 11.8 Å². The maximum atomic E-state index is 11.3. The van der Waals surface area contributed by atoms with Gasteiger partial charge in [0.05, 0.1) is 12.5 Å². The molecule has 0 aliphatic heterocycles. The first kappa shape index (κ1) is 10.2. The third kappa shape index (κ3) is 2.29. The summed E-state index contributed by atoms with van der Waals surface area (Å²) in [5.74, 6) is -0.350. The van der Waals surface area contributed by atoms with Crippen LogP contribution in [-0.4, -0.2) is 18.4 Å². The number of carbonyl (C=O) groups is 2. The van der Waals surface area contributed by atoms with Crippen molar-refractivity contribution in [3.8, 4) is 0 Å². The fraction of sp³-hybridized carbons (Fsp3) is 0.800. The Kier molecular flexibility index (Phi) is 3.46. The highest BCUT2D eigenvalue weighted by Gasteiger charge is 2.33. The fourth-order valence-corrected chi connectivity index (χ4v) is 1.81. The van der Waals surface area contributed by atoms with Gasteiger partial charge >= 0.3 is 5.97 Å². The molecule has 0 radical (unpaired) electrons. The molecule has 1 aliphatic carbocycles. The number of hydrogen-bond donors (Lipinski definition) is 0. The van der Waals surface area contributed by atoms with E-state index in [0.29, 0.717) is 13.0 Å². The number of carbonyl (C=O) groups excluding carboxylic acids is 2. The van der Waals surface area contributed by atoms with Crippen LogP contribution in [0, 0.1) is 11.8 Å². The van der Waals surface area contributed by atoms with E-state index < -0.39 is 0 Å². The summed E-state index contributed by atoms with van der Waals surface area (Å²) in [6.45, 7) is 3.96. The maximum absolute atomic E-state index is 11.3. The van der Waals surface area contributed by atoms with Crippen molar-refractivity contribution in [1.29, 1.82) is 0 Å². The van der Waals surface area contributed by atoms with Gasteiger partial charge in [-0.1, -0.05) is 6.92 Å². The van der Waals surface area contributed by atoms with Crippen molar-refractivity contribution in [2.45, 2.75) is 33.1 Å². The molecule has 0 amide bonds. The quantitative estimate of drug-likeness (QED) is 0.625. The van der Waals surface area contributed by atoms with Gasteiger partial charge in [-0.25, -0.2) is 0 Å². The Morgan fingerprint density at radius 3 is 2.85 bits per heavy atom. The van der Waals surface area contributed by atoms with Crippen molar-refractivity contribution in [1.82, 2.24) is 0 Å². The molecule has 0 aromatic carbocycles. The summed E-state index contributed by atoms with van der Waals surface area (Å²) in [5, 5.41) is 0. The number of Topliss-reactive ketones (excluding diaryl/α,β-unsaturated/α-hetero) is 1. The molecule has 0 saturated heterocycles. The lowest BCUT2D eigenvalue weighted by molar-refractivity contribution is -0.151. The van der Waals surface area contributed by atoms with Gasteiger partial charge in [0, 0.05) is 12.3 Å². The fourth-order valence-electron chi connectivity index (χ4n) is 1.81.